The van der Waals surface area contributed by atoms with Crippen LogP contribution in [0.2, 0.25) is 5.02 Å². The minimum Gasteiger partial charge on any atom is -0.192 e. The summed E-state index contributed by atoms with van der Waals surface area (Å²) in [7, 11) is 0. The summed E-state index contributed by atoms with van der Waals surface area (Å²) in [6, 6.07) is 9.52. The third kappa shape index (κ3) is 1.45. The molecular formula is C7H3ClN. The molecule has 0 fully saturated rings. The van der Waals surface area contributed by atoms with Crippen LogP contribution in [-0.2, 0) is 0 Å². The van der Waals surface area contributed by atoms with Gasteiger partial charge in [-0.2, -0.15) is 5.26 Å². The molecule has 2 heteroatoms. The van der Waals surface area contributed by atoms with Crippen molar-refractivity contribution in [2.45, 2.75) is 0 Å². The Bertz CT molecular complexity index is 249. The van der Waals surface area contributed by atoms with Gasteiger partial charge in [-0.05, 0) is 12.1 Å². The van der Waals surface area contributed by atoms with Crippen LogP contribution in [0.4, 0.5) is 0 Å². The van der Waals surface area contributed by atoms with E-state index < -0.39 is 0 Å². The topological polar surface area (TPSA) is 23.8 Å². The molecule has 0 aliphatic rings. The number of nitriles is 1. The third-order valence-corrected chi connectivity index (χ3v) is 1.12. The van der Waals surface area contributed by atoms with Crippen molar-refractivity contribution in [3.63, 3.8) is 0 Å². The van der Waals surface area contributed by atoms with E-state index in [9.17, 15) is 0 Å². The lowest BCUT2D eigenvalue weighted by Gasteiger charge is -1.85. The van der Waals surface area contributed by atoms with Gasteiger partial charge in [-0.15, -0.1) is 0 Å². The van der Waals surface area contributed by atoms with Crippen molar-refractivity contribution in [3.8, 4) is 6.07 Å². The minimum atomic E-state index is 0.475. The first-order chi connectivity index (χ1) is 4.33. The second-order valence-electron chi connectivity index (χ2n) is 1.53. The highest BCUT2D eigenvalue weighted by Gasteiger charge is 1.88. The third-order valence-electron chi connectivity index (χ3n) is 0.884. The molecule has 9 heavy (non-hydrogen) atoms. The average Bonchev–Trinajstić information content (AvgIpc) is 1.88. The van der Waals surface area contributed by atoms with Gasteiger partial charge in [0.2, 0.25) is 0 Å². The fourth-order valence-electron chi connectivity index (χ4n) is 0.503. The van der Waals surface area contributed by atoms with Crippen molar-refractivity contribution >= 4 is 11.6 Å². The lowest BCUT2D eigenvalue weighted by Crippen LogP contribution is -1.70. The Labute approximate surface area is 58.5 Å². The van der Waals surface area contributed by atoms with E-state index in [1.165, 1.54) is 0 Å². The molecule has 43 valence electrons. The van der Waals surface area contributed by atoms with Crippen molar-refractivity contribution in [2.24, 2.45) is 0 Å². The highest BCUT2D eigenvalue weighted by molar-refractivity contribution is 6.30. The van der Waals surface area contributed by atoms with Crippen molar-refractivity contribution in [1.82, 2.24) is 0 Å². The molecule has 1 radical (unpaired) electrons. The van der Waals surface area contributed by atoms with Gasteiger partial charge < -0.3 is 0 Å². The average molecular weight is 137 g/mol. The molecule has 0 saturated heterocycles. The Balaban J connectivity index is 3.12. The Morgan fingerprint density at radius 1 is 1.67 bits per heavy atom. The van der Waals surface area contributed by atoms with Crippen LogP contribution in [-0.4, -0.2) is 0 Å². The largest absolute Gasteiger partial charge is 0.192 e. The Hall–Kier alpha value is -1.00. The molecule has 0 aromatic heterocycles. The number of nitrogens with zero attached hydrogens (tertiary/aromatic N) is 1. The molecule has 0 aliphatic carbocycles. The van der Waals surface area contributed by atoms with E-state index in [1.807, 2.05) is 6.07 Å². The molecule has 0 amide bonds. The summed E-state index contributed by atoms with van der Waals surface area (Å²) in [5, 5.41) is 8.90. The molecular weight excluding hydrogens is 134 g/mol. The molecule has 0 unspecified atom stereocenters. The Kier molecular flexibility index (Phi) is 1.72. The van der Waals surface area contributed by atoms with Crippen LogP contribution in [0.15, 0.2) is 18.2 Å². The number of rotatable bonds is 0. The molecule has 1 rings (SSSR count). The summed E-state index contributed by atoms with van der Waals surface area (Å²) < 4.78 is 0. The molecule has 1 aromatic carbocycles. The zero-order valence-electron chi connectivity index (χ0n) is 4.56. The van der Waals surface area contributed by atoms with Crippen LogP contribution in [0.3, 0.4) is 0 Å². The van der Waals surface area contributed by atoms with Crippen LogP contribution < -0.4 is 0 Å². The number of halogens is 1. The summed E-state index contributed by atoms with van der Waals surface area (Å²) >= 11 is 5.55. The van der Waals surface area contributed by atoms with E-state index in [4.69, 9.17) is 16.9 Å². The van der Waals surface area contributed by atoms with Gasteiger partial charge in [-0.3, -0.25) is 0 Å². The maximum Gasteiger partial charge on any atom is 0.0998 e. The number of benzene rings is 1. The SMILES string of the molecule is N#Cc1[c]ccc(Cl)c1. The molecule has 0 bridgehead atoms. The van der Waals surface area contributed by atoms with Crippen LogP contribution in [0.5, 0.6) is 0 Å². The second-order valence-corrected chi connectivity index (χ2v) is 1.97. The summed E-state index contributed by atoms with van der Waals surface area (Å²) in [6.07, 6.45) is 0. The summed E-state index contributed by atoms with van der Waals surface area (Å²) in [5.41, 5.74) is 0.475. The van der Waals surface area contributed by atoms with Crippen LogP contribution in [0.1, 0.15) is 5.56 Å². The molecule has 0 atom stereocenters. The van der Waals surface area contributed by atoms with Gasteiger partial charge in [0.25, 0.3) is 0 Å². The molecule has 1 aromatic rings. The molecule has 0 aliphatic heterocycles. The zero-order chi connectivity index (χ0) is 6.69. The first-order valence-corrected chi connectivity index (χ1v) is 2.78. The van der Waals surface area contributed by atoms with Gasteiger partial charge in [-0.25, -0.2) is 0 Å². The van der Waals surface area contributed by atoms with Crippen LogP contribution >= 0.6 is 11.6 Å². The maximum absolute atomic E-state index is 8.32. The van der Waals surface area contributed by atoms with Crippen molar-refractivity contribution in [1.29, 1.82) is 5.26 Å². The monoisotopic (exact) mass is 136 g/mol. The van der Waals surface area contributed by atoms with E-state index in [0.717, 1.165) is 0 Å². The molecule has 0 saturated carbocycles. The van der Waals surface area contributed by atoms with Gasteiger partial charge >= 0.3 is 0 Å². The number of hydrogen-bond acceptors (Lipinski definition) is 1. The lowest BCUT2D eigenvalue weighted by molar-refractivity contribution is 1.48. The Morgan fingerprint density at radius 3 is 2.89 bits per heavy atom. The summed E-state index contributed by atoms with van der Waals surface area (Å²) in [5.74, 6) is 0. The lowest BCUT2D eigenvalue weighted by atomic mass is 10.2. The second kappa shape index (κ2) is 2.52. The first-order valence-electron chi connectivity index (χ1n) is 2.40. The molecule has 0 heterocycles. The van der Waals surface area contributed by atoms with Gasteiger partial charge in [0.05, 0.1) is 11.6 Å². The highest BCUT2D eigenvalue weighted by Crippen LogP contribution is 2.08. The standard InChI is InChI=1S/C7H3ClN/c8-7-3-1-2-6(4-7)5-9/h1,3-4H. The minimum absolute atomic E-state index is 0.475. The predicted octanol–water partition coefficient (Wildman–Crippen LogP) is 2.01. The predicted molar refractivity (Wildman–Crippen MR) is 35.0 cm³/mol. The van der Waals surface area contributed by atoms with E-state index in [-0.39, 0.29) is 0 Å². The van der Waals surface area contributed by atoms with Crippen molar-refractivity contribution < 1.29 is 0 Å². The molecule has 0 spiro atoms. The van der Waals surface area contributed by atoms with Gasteiger partial charge in [0.1, 0.15) is 0 Å². The van der Waals surface area contributed by atoms with E-state index in [2.05, 4.69) is 6.07 Å². The normalized spacial score (nSPS) is 8.44. The zero-order valence-corrected chi connectivity index (χ0v) is 5.31. The Morgan fingerprint density at radius 2 is 2.44 bits per heavy atom. The van der Waals surface area contributed by atoms with E-state index in [1.54, 1.807) is 18.2 Å². The summed E-state index contributed by atoms with van der Waals surface area (Å²) in [6.45, 7) is 0. The molecule has 0 N–H and O–H groups in total. The van der Waals surface area contributed by atoms with Gasteiger partial charge in [-0.1, -0.05) is 17.7 Å². The fraction of sp³-hybridized carbons (Fsp3) is 0. The maximum atomic E-state index is 8.32. The van der Waals surface area contributed by atoms with Crippen LogP contribution in [0, 0.1) is 17.4 Å². The number of hydrogen-bond donors (Lipinski definition) is 0. The van der Waals surface area contributed by atoms with Crippen molar-refractivity contribution in [3.05, 3.63) is 34.9 Å². The van der Waals surface area contributed by atoms with Gasteiger partial charge in [0, 0.05) is 11.1 Å². The van der Waals surface area contributed by atoms with Crippen LogP contribution in [0.25, 0.3) is 0 Å². The van der Waals surface area contributed by atoms with Crippen molar-refractivity contribution in [2.75, 3.05) is 0 Å². The molecule has 1 nitrogen and oxygen atoms in total. The van der Waals surface area contributed by atoms with E-state index in [0.29, 0.717) is 10.6 Å². The smallest absolute Gasteiger partial charge is 0.0998 e. The quantitative estimate of drug-likeness (QED) is 0.535. The van der Waals surface area contributed by atoms with E-state index >= 15 is 0 Å². The first kappa shape index (κ1) is 6.12. The fourth-order valence-corrected chi connectivity index (χ4v) is 0.675. The van der Waals surface area contributed by atoms with Gasteiger partial charge in [0.15, 0.2) is 0 Å². The summed E-state index contributed by atoms with van der Waals surface area (Å²) in [4.78, 5) is 0. The highest BCUT2D eigenvalue weighted by atomic mass is 35.5.